The van der Waals surface area contributed by atoms with Crippen molar-refractivity contribution in [1.29, 1.82) is 0 Å². The van der Waals surface area contributed by atoms with E-state index in [2.05, 4.69) is 5.32 Å². The van der Waals surface area contributed by atoms with Crippen LogP contribution < -0.4 is 19.1 Å². The zero-order chi connectivity index (χ0) is 24.4. The highest BCUT2D eigenvalue weighted by atomic mass is 32.2. The van der Waals surface area contributed by atoms with Gasteiger partial charge in [-0.3, -0.25) is 9.10 Å². The number of carbonyl (C=O) groups is 1. The molecule has 9 heteroatoms. The van der Waals surface area contributed by atoms with Crippen LogP contribution in [-0.2, 0) is 21.2 Å². The lowest BCUT2D eigenvalue weighted by Gasteiger charge is -2.29. The molecule has 0 fully saturated rings. The van der Waals surface area contributed by atoms with Crippen molar-refractivity contribution in [2.75, 3.05) is 24.1 Å². The first-order valence-electron chi connectivity index (χ1n) is 11.5. The Balaban J connectivity index is 1.44. The van der Waals surface area contributed by atoms with E-state index in [0.29, 0.717) is 24.7 Å². The highest BCUT2D eigenvalue weighted by Crippen LogP contribution is 2.34. The molecule has 0 bridgehead atoms. The first-order valence-corrected chi connectivity index (χ1v) is 12.9. The summed E-state index contributed by atoms with van der Waals surface area (Å²) < 4.78 is 53.0. The fraction of sp³-hybridized carbons (Fsp3) is 0.269. The third-order valence-electron chi connectivity index (χ3n) is 6.21. The zero-order valence-corrected chi connectivity index (χ0v) is 19.8. The molecule has 7 nitrogen and oxygen atoms in total. The molecular formula is C26H25FN2O5S. The minimum atomic E-state index is -4.18. The van der Waals surface area contributed by atoms with E-state index in [0.717, 1.165) is 41.3 Å². The van der Waals surface area contributed by atoms with E-state index in [9.17, 15) is 17.6 Å². The Hall–Kier alpha value is -3.59. The number of aryl methyl sites for hydroxylation is 1. The third kappa shape index (κ3) is 4.81. The summed E-state index contributed by atoms with van der Waals surface area (Å²) in [5, 5.41) is 3.00. The van der Waals surface area contributed by atoms with Crippen molar-refractivity contribution in [2.45, 2.75) is 30.2 Å². The molecule has 182 valence electrons. The number of nitrogens with one attached hydrogen (secondary N) is 1. The fourth-order valence-electron chi connectivity index (χ4n) is 4.51. The van der Waals surface area contributed by atoms with Crippen LogP contribution in [-0.4, -0.2) is 34.1 Å². The molecule has 0 saturated heterocycles. The van der Waals surface area contributed by atoms with Crippen LogP contribution in [0.2, 0.25) is 0 Å². The van der Waals surface area contributed by atoms with Gasteiger partial charge < -0.3 is 14.8 Å². The molecule has 1 atom stereocenters. The van der Waals surface area contributed by atoms with Crippen LogP contribution in [0.5, 0.6) is 11.5 Å². The van der Waals surface area contributed by atoms with Crippen molar-refractivity contribution >= 4 is 21.6 Å². The summed E-state index contributed by atoms with van der Waals surface area (Å²) in [5.74, 6) is -0.178. The summed E-state index contributed by atoms with van der Waals surface area (Å²) in [4.78, 5) is 13.1. The van der Waals surface area contributed by atoms with Crippen LogP contribution in [0.3, 0.4) is 0 Å². The molecule has 35 heavy (non-hydrogen) atoms. The number of nitrogens with zero attached hydrogens (tertiary/aromatic N) is 1. The molecule has 0 unspecified atom stereocenters. The first kappa shape index (κ1) is 23.2. The van der Waals surface area contributed by atoms with Gasteiger partial charge in [-0.05, 0) is 66.8 Å². The molecule has 1 amide bonds. The van der Waals surface area contributed by atoms with Gasteiger partial charge in [0, 0.05) is 6.07 Å². The number of sulfonamides is 1. The molecule has 1 aliphatic heterocycles. The second-order valence-electron chi connectivity index (χ2n) is 8.50. The number of amides is 1. The van der Waals surface area contributed by atoms with Crippen molar-refractivity contribution in [3.05, 3.63) is 83.7 Å². The minimum absolute atomic E-state index is 0.0538. The van der Waals surface area contributed by atoms with E-state index in [1.807, 2.05) is 24.3 Å². The average molecular weight is 497 g/mol. The Morgan fingerprint density at radius 3 is 2.54 bits per heavy atom. The van der Waals surface area contributed by atoms with Crippen molar-refractivity contribution in [3.63, 3.8) is 0 Å². The number of ether oxygens (including phenoxy) is 2. The Morgan fingerprint density at radius 2 is 1.74 bits per heavy atom. The molecule has 0 spiro atoms. The van der Waals surface area contributed by atoms with Crippen molar-refractivity contribution < 1.29 is 27.1 Å². The maximum absolute atomic E-state index is 13.7. The molecule has 3 aromatic carbocycles. The fourth-order valence-corrected chi connectivity index (χ4v) is 5.94. The maximum atomic E-state index is 13.7. The number of fused-ring (bicyclic) bond motifs is 2. The SMILES string of the molecule is O=C(CN(c1ccc(F)cc1)S(=O)(=O)c1ccc2c(c1)OCCO2)N[C@H]1CCCc2ccccc21. The lowest BCUT2D eigenvalue weighted by molar-refractivity contribution is -0.120. The number of hydrogen-bond donors (Lipinski definition) is 1. The molecule has 3 aromatic rings. The number of halogens is 1. The Kier molecular flexibility index (Phi) is 6.34. The molecule has 1 N–H and O–H groups in total. The van der Waals surface area contributed by atoms with Crippen molar-refractivity contribution in [3.8, 4) is 11.5 Å². The number of rotatable bonds is 6. The molecule has 0 radical (unpaired) electrons. The van der Waals surface area contributed by atoms with Crippen LogP contribution in [0.25, 0.3) is 0 Å². The minimum Gasteiger partial charge on any atom is -0.486 e. The number of anilines is 1. The van der Waals surface area contributed by atoms with Gasteiger partial charge in [0.2, 0.25) is 5.91 Å². The second-order valence-corrected chi connectivity index (χ2v) is 10.4. The molecule has 1 aliphatic carbocycles. The normalized spacial score (nSPS) is 16.8. The molecule has 5 rings (SSSR count). The van der Waals surface area contributed by atoms with Gasteiger partial charge in [0.05, 0.1) is 16.6 Å². The lowest BCUT2D eigenvalue weighted by Crippen LogP contribution is -2.42. The second kappa shape index (κ2) is 9.58. The summed E-state index contributed by atoms with van der Waals surface area (Å²) >= 11 is 0. The van der Waals surface area contributed by atoms with Crippen LogP contribution in [0.4, 0.5) is 10.1 Å². The molecule has 1 heterocycles. The molecule has 0 saturated carbocycles. The van der Waals surface area contributed by atoms with E-state index in [1.54, 1.807) is 0 Å². The number of benzene rings is 3. The van der Waals surface area contributed by atoms with E-state index in [4.69, 9.17) is 9.47 Å². The molecular weight excluding hydrogens is 471 g/mol. The standard InChI is InChI=1S/C26H25FN2O5S/c27-19-8-10-20(11-9-19)29(35(31,32)21-12-13-24-25(16-21)34-15-14-33-24)17-26(30)28-23-7-3-5-18-4-1-2-6-22(18)23/h1-2,4,6,8-13,16,23H,3,5,7,14-15,17H2,(H,28,30)/t23-/m0/s1. The van der Waals surface area contributed by atoms with Gasteiger partial charge in [0.25, 0.3) is 10.0 Å². The quantitative estimate of drug-likeness (QED) is 0.558. The van der Waals surface area contributed by atoms with E-state index >= 15 is 0 Å². The lowest BCUT2D eigenvalue weighted by atomic mass is 9.88. The van der Waals surface area contributed by atoms with Gasteiger partial charge in [0.15, 0.2) is 11.5 Å². The van der Waals surface area contributed by atoms with E-state index in [1.165, 1.54) is 35.9 Å². The smallest absolute Gasteiger partial charge is 0.264 e. The zero-order valence-electron chi connectivity index (χ0n) is 18.9. The maximum Gasteiger partial charge on any atom is 0.264 e. The van der Waals surface area contributed by atoms with Crippen molar-refractivity contribution in [1.82, 2.24) is 5.32 Å². The summed E-state index contributed by atoms with van der Waals surface area (Å²) in [6.07, 6.45) is 2.65. The molecule has 0 aromatic heterocycles. The topological polar surface area (TPSA) is 84.9 Å². The summed E-state index contributed by atoms with van der Waals surface area (Å²) in [5.41, 5.74) is 2.42. The van der Waals surface area contributed by atoms with Gasteiger partial charge in [-0.15, -0.1) is 0 Å². The van der Waals surface area contributed by atoms with Crippen LogP contribution >= 0.6 is 0 Å². The Morgan fingerprint density at radius 1 is 1.00 bits per heavy atom. The first-order chi connectivity index (χ1) is 16.9. The summed E-state index contributed by atoms with van der Waals surface area (Å²) in [6.45, 7) is 0.232. The summed E-state index contributed by atoms with van der Waals surface area (Å²) in [7, 11) is -4.18. The Labute approximate surface area is 203 Å². The van der Waals surface area contributed by atoms with Crippen LogP contribution in [0, 0.1) is 5.82 Å². The highest BCUT2D eigenvalue weighted by molar-refractivity contribution is 7.92. The molecule has 2 aliphatic rings. The Bertz CT molecular complexity index is 1340. The third-order valence-corrected chi connectivity index (χ3v) is 7.98. The average Bonchev–Trinajstić information content (AvgIpc) is 2.88. The van der Waals surface area contributed by atoms with Gasteiger partial charge >= 0.3 is 0 Å². The largest absolute Gasteiger partial charge is 0.486 e. The van der Waals surface area contributed by atoms with Crippen LogP contribution in [0.15, 0.2) is 71.6 Å². The number of carbonyl (C=O) groups excluding carboxylic acids is 1. The highest BCUT2D eigenvalue weighted by Gasteiger charge is 2.30. The van der Waals surface area contributed by atoms with Gasteiger partial charge in [-0.25, -0.2) is 12.8 Å². The van der Waals surface area contributed by atoms with Crippen LogP contribution in [0.1, 0.15) is 30.0 Å². The van der Waals surface area contributed by atoms with Gasteiger partial charge in [0.1, 0.15) is 25.6 Å². The number of hydrogen-bond acceptors (Lipinski definition) is 5. The monoisotopic (exact) mass is 496 g/mol. The summed E-state index contributed by atoms with van der Waals surface area (Å²) in [6, 6.07) is 17.1. The van der Waals surface area contributed by atoms with E-state index < -0.39 is 28.3 Å². The predicted molar refractivity (Wildman–Crippen MR) is 129 cm³/mol. The van der Waals surface area contributed by atoms with Gasteiger partial charge in [-0.1, -0.05) is 24.3 Å². The van der Waals surface area contributed by atoms with E-state index in [-0.39, 0.29) is 16.6 Å². The van der Waals surface area contributed by atoms with Crippen molar-refractivity contribution in [2.24, 2.45) is 0 Å². The van der Waals surface area contributed by atoms with Gasteiger partial charge in [-0.2, -0.15) is 0 Å². The predicted octanol–water partition coefficient (Wildman–Crippen LogP) is 3.99.